The first-order valence-corrected chi connectivity index (χ1v) is 8.26. The maximum atomic E-state index is 11.7. The minimum Gasteiger partial charge on any atom is -0.469 e. The normalized spacial score (nSPS) is 38.0. The molecular weight excluding hydrogens is 272 g/mol. The summed E-state index contributed by atoms with van der Waals surface area (Å²) in [5.74, 6) is -1.10. The van der Waals surface area contributed by atoms with E-state index >= 15 is 0 Å². The lowest BCUT2D eigenvalue weighted by Crippen LogP contribution is -2.43. The zero-order valence-electron chi connectivity index (χ0n) is 11.3. The number of ether oxygens (including phenoxy) is 3. The molecule has 2 aliphatic heterocycles. The van der Waals surface area contributed by atoms with Crippen LogP contribution in [0.25, 0.3) is 0 Å². The lowest BCUT2D eigenvalue weighted by Gasteiger charge is -2.34. The van der Waals surface area contributed by atoms with Crippen LogP contribution in [-0.4, -0.2) is 51.5 Å². The van der Waals surface area contributed by atoms with Crippen molar-refractivity contribution in [3.63, 3.8) is 0 Å². The van der Waals surface area contributed by atoms with Crippen molar-refractivity contribution >= 4 is 15.8 Å². The highest BCUT2D eigenvalue weighted by atomic mass is 32.2. The molecule has 7 heteroatoms. The van der Waals surface area contributed by atoms with Crippen molar-refractivity contribution in [1.82, 2.24) is 0 Å². The number of carbonyl (C=O) groups excluding carboxylic acids is 1. The number of hydrogen-bond acceptors (Lipinski definition) is 6. The van der Waals surface area contributed by atoms with E-state index in [4.69, 9.17) is 9.47 Å². The highest BCUT2D eigenvalue weighted by Crippen LogP contribution is 2.37. The van der Waals surface area contributed by atoms with E-state index in [1.165, 1.54) is 7.11 Å². The van der Waals surface area contributed by atoms with Gasteiger partial charge >= 0.3 is 5.97 Å². The summed E-state index contributed by atoms with van der Waals surface area (Å²) in [4.78, 5) is 11.2. The molecule has 110 valence electrons. The van der Waals surface area contributed by atoms with E-state index < -0.39 is 15.6 Å². The molecule has 0 aliphatic carbocycles. The Bertz CT molecular complexity index is 445. The van der Waals surface area contributed by atoms with E-state index in [0.717, 1.165) is 6.42 Å². The molecule has 0 spiro atoms. The fourth-order valence-electron chi connectivity index (χ4n) is 2.68. The van der Waals surface area contributed by atoms with Gasteiger partial charge in [0.15, 0.2) is 15.6 Å². The van der Waals surface area contributed by atoms with Gasteiger partial charge in [-0.2, -0.15) is 0 Å². The first-order chi connectivity index (χ1) is 8.85. The zero-order chi connectivity index (χ0) is 14.1. The van der Waals surface area contributed by atoms with Gasteiger partial charge in [0.25, 0.3) is 0 Å². The maximum Gasteiger partial charge on any atom is 0.308 e. The molecule has 3 atom stereocenters. The molecule has 2 rings (SSSR count). The van der Waals surface area contributed by atoms with Gasteiger partial charge in [-0.05, 0) is 19.8 Å². The van der Waals surface area contributed by atoms with E-state index in [1.54, 1.807) is 6.92 Å². The molecule has 0 saturated carbocycles. The third-order valence-electron chi connectivity index (χ3n) is 3.78. The number of esters is 1. The van der Waals surface area contributed by atoms with Gasteiger partial charge in [0.2, 0.25) is 0 Å². The highest BCUT2D eigenvalue weighted by molar-refractivity contribution is 7.91. The number of methoxy groups -OCH3 is 1. The van der Waals surface area contributed by atoms with E-state index in [1.807, 2.05) is 0 Å². The van der Waals surface area contributed by atoms with E-state index in [9.17, 15) is 13.2 Å². The van der Waals surface area contributed by atoms with Crippen molar-refractivity contribution in [2.24, 2.45) is 5.92 Å². The Morgan fingerprint density at radius 2 is 2.21 bits per heavy atom. The van der Waals surface area contributed by atoms with Gasteiger partial charge in [-0.1, -0.05) is 0 Å². The zero-order valence-corrected chi connectivity index (χ0v) is 12.1. The van der Waals surface area contributed by atoms with Crippen molar-refractivity contribution in [3.05, 3.63) is 0 Å². The molecule has 2 fully saturated rings. The molecule has 19 heavy (non-hydrogen) atoms. The van der Waals surface area contributed by atoms with Crippen molar-refractivity contribution in [1.29, 1.82) is 0 Å². The third kappa shape index (κ3) is 3.46. The summed E-state index contributed by atoms with van der Waals surface area (Å²) in [5, 5.41) is 0. The van der Waals surface area contributed by atoms with Crippen LogP contribution in [0, 0.1) is 5.92 Å². The van der Waals surface area contributed by atoms with Gasteiger partial charge in [-0.3, -0.25) is 4.79 Å². The Hall–Kier alpha value is -0.660. The largest absolute Gasteiger partial charge is 0.469 e. The maximum absolute atomic E-state index is 11.7. The average Bonchev–Trinajstić information content (AvgIpc) is 2.71. The fraction of sp³-hybridized carbons (Fsp3) is 0.917. The van der Waals surface area contributed by atoms with Crippen molar-refractivity contribution in [2.45, 2.75) is 38.1 Å². The number of carbonyl (C=O) groups is 1. The Balaban J connectivity index is 1.98. The molecule has 2 saturated heterocycles. The van der Waals surface area contributed by atoms with Crippen LogP contribution in [0.1, 0.15) is 26.2 Å². The summed E-state index contributed by atoms with van der Waals surface area (Å²) in [6.07, 6.45) is 1.17. The van der Waals surface area contributed by atoms with Crippen LogP contribution in [0.4, 0.5) is 0 Å². The van der Waals surface area contributed by atoms with Gasteiger partial charge in [0.05, 0.1) is 37.7 Å². The first-order valence-electron chi connectivity index (χ1n) is 6.44. The lowest BCUT2D eigenvalue weighted by molar-refractivity contribution is -0.190. The summed E-state index contributed by atoms with van der Waals surface area (Å²) in [6, 6.07) is 0. The summed E-state index contributed by atoms with van der Waals surface area (Å²) in [7, 11) is -1.68. The predicted molar refractivity (Wildman–Crippen MR) is 67.2 cm³/mol. The summed E-state index contributed by atoms with van der Waals surface area (Å²) in [6.45, 7) is 2.05. The van der Waals surface area contributed by atoms with Gasteiger partial charge < -0.3 is 14.2 Å². The van der Waals surface area contributed by atoms with Crippen molar-refractivity contribution in [3.8, 4) is 0 Å². The second-order valence-electron chi connectivity index (χ2n) is 5.30. The Morgan fingerprint density at radius 3 is 2.84 bits per heavy atom. The van der Waals surface area contributed by atoms with Crippen LogP contribution in [-0.2, 0) is 28.8 Å². The second kappa shape index (κ2) is 5.38. The summed E-state index contributed by atoms with van der Waals surface area (Å²) in [5.41, 5.74) is 0. The monoisotopic (exact) mass is 292 g/mol. The minimum atomic E-state index is -3.00. The van der Waals surface area contributed by atoms with Gasteiger partial charge in [0.1, 0.15) is 0 Å². The smallest absolute Gasteiger partial charge is 0.308 e. The van der Waals surface area contributed by atoms with Gasteiger partial charge in [-0.25, -0.2) is 8.42 Å². The molecule has 0 N–H and O–H groups in total. The van der Waals surface area contributed by atoms with Crippen LogP contribution in [0.3, 0.4) is 0 Å². The third-order valence-corrected chi connectivity index (χ3v) is 5.60. The molecule has 0 aromatic rings. The van der Waals surface area contributed by atoms with Gasteiger partial charge in [0, 0.05) is 5.92 Å². The number of hydrogen-bond donors (Lipinski definition) is 0. The molecule has 6 nitrogen and oxygen atoms in total. The van der Waals surface area contributed by atoms with Crippen molar-refractivity contribution in [2.75, 3.05) is 25.2 Å². The van der Waals surface area contributed by atoms with E-state index in [2.05, 4.69) is 4.74 Å². The Labute approximate surface area is 113 Å². The molecule has 0 radical (unpaired) electrons. The molecular formula is C12H20O6S. The van der Waals surface area contributed by atoms with Crippen LogP contribution in [0.15, 0.2) is 0 Å². The van der Waals surface area contributed by atoms with Crippen LogP contribution in [0.2, 0.25) is 0 Å². The molecule has 0 amide bonds. The predicted octanol–water partition coefficient (Wildman–Crippen LogP) is 0.506. The first kappa shape index (κ1) is 14.7. The molecule has 3 unspecified atom stereocenters. The fourth-order valence-corrected chi connectivity index (χ4v) is 4.53. The lowest BCUT2D eigenvalue weighted by atomic mass is 9.96. The Kier molecular flexibility index (Phi) is 4.17. The number of rotatable bonds is 3. The standard InChI is InChI=1S/C12H20O6S/c1-12(9-4-3-5-19(14,15)8-9)17-7-10(18-12)6-11(13)16-2/h9-10H,3-8H2,1-2H3. The van der Waals surface area contributed by atoms with Crippen molar-refractivity contribution < 1.29 is 27.4 Å². The van der Waals surface area contributed by atoms with Gasteiger partial charge in [-0.15, -0.1) is 0 Å². The van der Waals surface area contributed by atoms with Crippen LogP contribution < -0.4 is 0 Å². The molecule has 0 aromatic heterocycles. The van der Waals surface area contributed by atoms with Crippen LogP contribution >= 0.6 is 0 Å². The minimum absolute atomic E-state index is 0.0917. The summed E-state index contributed by atoms with van der Waals surface area (Å²) < 4.78 is 39.4. The number of sulfone groups is 1. The summed E-state index contributed by atoms with van der Waals surface area (Å²) >= 11 is 0. The Morgan fingerprint density at radius 1 is 1.47 bits per heavy atom. The van der Waals surface area contributed by atoms with E-state index in [0.29, 0.717) is 13.0 Å². The van der Waals surface area contributed by atoms with E-state index in [-0.39, 0.29) is 35.9 Å². The topological polar surface area (TPSA) is 78.9 Å². The SMILES string of the molecule is COC(=O)CC1COC(C)(C2CCCS(=O)(=O)C2)O1. The molecule has 2 heterocycles. The van der Waals surface area contributed by atoms with Crippen LogP contribution in [0.5, 0.6) is 0 Å². The molecule has 0 bridgehead atoms. The average molecular weight is 292 g/mol. The second-order valence-corrected chi connectivity index (χ2v) is 7.53. The molecule has 2 aliphatic rings. The highest BCUT2D eigenvalue weighted by Gasteiger charge is 2.47. The molecule has 0 aromatic carbocycles. The quantitative estimate of drug-likeness (QED) is 0.705.